The van der Waals surface area contributed by atoms with Crippen LogP contribution in [0.1, 0.15) is 100 Å². The summed E-state index contributed by atoms with van der Waals surface area (Å²) in [5.74, 6) is 1.14. The zero-order valence-electron chi connectivity index (χ0n) is 34.9. The second kappa shape index (κ2) is 18.2. The van der Waals surface area contributed by atoms with E-state index in [1.807, 2.05) is 36.0 Å². The number of fused-ring (bicyclic) bond motifs is 1. The van der Waals surface area contributed by atoms with E-state index >= 15 is 0 Å². The molecule has 8 rings (SSSR count). The van der Waals surface area contributed by atoms with Crippen molar-refractivity contribution in [3.05, 3.63) is 59.4 Å². The van der Waals surface area contributed by atoms with Crippen LogP contribution in [0, 0.1) is 11.8 Å². The summed E-state index contributed by atoms with van der Waals surface area (Å²) in [5.41, 5.74) is 6.77. The molecule has 60 heavy (non-hydrogen) atoms. The predicted molar refractivity (Wildman–Crippen MR) is 226 cm³/mol. The zero-order valence-corrected chi connectivity index (χ0v) is 35.7. The van der Waals surface area contributed by atoms with E-state index in [0.717, 1.165) is 85.5 Å². The van der Waals surface area contributed by atoms with Crippen molar-refractivity contribution in [2.24, 2.45) is 11.8 Å². The van der Waals surface area contributed by atoms with Crippen LogP contribution in [-0.4, -0.2) is 106 Å². The molecular weight excluding hydrogens is 785 g/mol. The van der Waals surface area contributed by atoms with Crippen molar-refractivity contribution in [3.8, 4) is 32.3 Å². The van der Waals surface area contributed by atoms with Crippen LogP contribution in [0.4, 0.5) is 9.59 Å². The van der Waals surface area contributed by atoms with Crippen LogP contribution in [0.5, 0.6) is 0 Å². The number of methoxy groups -OCH3 is 2. The summed E-state index contributed by atoms with van der Waals surface area (Å²) in [5, 5.41) is 5.56. The molecule has 15 nitrogen and oxygen atoms in total. The molecular formula is C44H56N8O7S. The Labute approximate surface area is 354 Å². The van der Waals surface area contributed by atoms with Crippen LogP contribution in [0.3, 0.4) is 0 Å². The lowest BCUT2D eigenvalue weighted by Gasteiger charge is -2.34. The smallest absolute Gasteiger partial charge is 0.407 e. The number of hydrogen-bond donors (Lipinski definition) is 4. The Morgan fingerprint density at radius 2 is 1.28 bits per heavy atom. The van der Waals surface area contributed by atoms with Gasteiger partial charge in [0.1, 0.15) is 23.7 Å². The number of carbonyl (C=O) groups is 4. The molecule has 0 radical (unpaired) electrons. The summed E-state index contributed by atoms with van der Waals surface area (Å²) >= 11 is 1.79. The number of carbonyl (C=O) groups excluding carboxylic acids is 4. The molecule has 16 heteroatoms. The fraction of sp³-hybridized carbons (Fsp3) is 0.545. The van der Waals surface area contributed by atoms with Crippen molar-refractivity contribution in [1.29, 1.82) is 0 Å². The minimum atomic E-state index is -0.687. The second-order valence-electron chi connectivity index (χ2n) is 16.7. The number of thiophene rings is 1. The van der Waals surface area contributed by atoms with Gasteiger partial charge in [-0.05, 0) is 98.3 Å². The van der Waals surface area contributed by atoms with Gasteiger partial charge in [-0.15, -0.1) is 11.3 Å². The summed E-state index contributed by atoms with van der Waals surface area (Å²) < 4.78 is 15.2. The Hall–Kier alpha value is -5.22. The molecule has 3 fully saturated rings. The number of aromatic nitrogens is 4. The molecule has 1 unspecified atom stereocenters. The summed E-state index contributed by atoms with van der Waals surface area (Å²) in [6.07, 6.45) is 11.5. The van der Waals surface area contributed by atoms with Gasteiger partial charge in [0, 0.05) is 31.2 Å². The third kappa shape index (κ3) is 8.40. The summed E-state index contributed by atoms with van der Waals surface area (Å²) in [7, 11) is 2.62. The van der Waals surface area contributed by atoms with E-state index in [2.05, 4.69) is 44.9 Å². The fourth-order valence-electron chi connectivity index (χ4n) is 9.46. The minimum Gasteiger partial charge on any atom is -0.453 e. The molecule has 320 valence electrons. The van der Waals surface area contributed by atoms with Crippen molar-refractivity contribution in [3.63, 3.8) is 0 Å². The van der Waals surface area contributed by atoms with Gasteiger partial charge in [-0.1, -0.05) is 38.1 Å². The third-order valence-corrected chi connectivity index (χ3v) is 14.0. The SMILES string of the molecule is COC(=O)NC(C(=O)N1CCC[C@H]1c1ncc(-c2ccc(-c3sc(-c4cnc([C@@H]5CCCN5C(=O)[C@@H](NC(=O)OC)C(C)C)[nH]4)c4c3CCCC4)cc2)[nH]1)C1CCOCC1. The van der Waals surface area contributed by atoms with E-state index in [0.29, 0.717) is 39.1 Å². The molecule has 3 aliphatic heterocycles. The van der Waals surface area contributed by atoms with Gasteiger partial charge in [0.15, 0.2) is 0 Å². The number of rotatable bonds is 11. The van der Waals surface area contributed by atoms with E-state index < -0.39 is 24.3 Å². The van der Waals surface area contributed by atoms with Gasteiger partial charge in [-0.25, -0.2) is 19.6 Å². The Morgan fingerprint density at radius 3 is 1.90 bits per heavy atom. The monoisotopic (exact) mass is 840 g/mol. The number of benzene rings is 1. The van der Waals surface area contributed by atoms with Crippen molar-refractivity contribution in [2.45, 2.75) is 102 Å². The first-order chi connectivity index (χ1) is 29.1. The standard InChI is InChI=1S/C44H56N8O7S/c1-25(2)35(49-43(55)57-3)41(53)51-19-7-12-34(51)40-46-24-32(48-40)38-30-10-6-5-9-29(30)37(60-38)28-15-13-26(14-16-28)31-23-45-39(47-31)33-11-8-20-52(33)42(54)36(50-44(56)58-4)27-17-21-59-22-18-27/h13-16,23-25,27,33-36H,5-12,17-22H2,1-4H3,(H,45,47)(H,46,48)(H,49,55)(H,50,56)/t33-,34-,35-,36?/m0/s1. The number of hydrogen-bond acceptors (Lipinski definition) is 10. The molecule has 0 saturated carbocycles. The van der Waals surface area contributed by atoms with Gasteiger partial charge >= 0.3 is 12.2 Å². The van der Waals surface area contributed by atoms with Crippen molar-refractivity contribution in [1.82, 2.24) is 40.4 Å². The van der Waals surface area contributed by atoms with Crippen molar-refractivity contribution in [2.75, 3.05) is 40.5 Å². The lowest BCUT2D eigenvalue weighted by atomic mass is 9.90. The molecule has 4 amide bonds. The number of alkyl carbamates (subject to hydrolysis) is 2. The van der Waals surface area contributed by atoms with Crippen LogP contribution in [-0.2, 0) is 36.6 Å². The number of nitrogens with zero attached hydrogens (tertiary/aromatic N) is 4. The minimum absolute atomic E-state index is 0.0266. The molecule has 4 N–H and O–H groups in total. The largest absolute Gasteiger partial charge is 0.453 e. The maximum Gasteiger partial charge on any atom is 0.407 e. The average molecular weight is 841 g/mol. The highest BCUT2D eigenvalue weighted by Crippen LogP contribution is 2.46. The quantitative estimate of drug-likeness (QED) is 0.124. The number of amides is 4. The molecule has 0 spiro atoms. The molecule has 6 heterocycles. The highest BCUT2D eigenvalue weighted by atomic mass is 32.1. The third-order valence-electron chi connectivity index (χ3n) is 12.7. The molecule has 4 atom stereocenters. The number of imidazole rings is 2. The number of likely N-dealkylation sites (tertiary alicyclic amines) is 2. The van der Waals surface area contributed by atoms with Gasteiger partial charge in [0.2, 0.25) is 11.8 Å². The number of aromatic amines is 2. The second-order valence-corrected chi connectivity index (χ2v) is 17.7. The van der Waals surface area contributed by atoms with Gasteiger partial charge in [-0.3, -0.25) is 9.59 Å². The first-order valence-corrected chi connectivity index (χ1v) is 22.2. The molecule has 4 aliphatic rings. The highest BCUT2D eigenvalue weighted by Gasteiger charge is 2.41. The van der Waals surface area contributed by atoms with Crippen LogP contribution in [0.25, 0.3) is 32.3 Å². The van der Waals surface area contributed by atoms with Gasteiger partial charge in [-0.2, -0.15) is 0 Å². The maximum absolute atomic E-state index is 14.0. The first-order valence-electron chi connectivity index (χ1n) is 21.4. The van der Waals surface area contributed by atoms with E-state index in [-0.39, 0.29) is 35.7 Å². The average Bonchev–Trinajstić information content (AvgIpc) is 4.13. The molecule has 1 aromatic carbocycles. The Morgan fingerprint density at radius 1 is 0.733 bits per heavy atom. The molecule has 3 saturated heterocycles. The van der Waals surface area contributed by atoms with Crippen molar-refractivity contribution >= 4 is 35.3 Å². The number of ether oxygens (including phenoxy) is 3. The van der Waals surface area contributed by atoms with Crippen LogP contribution >= 0.6 is 11.3 Å². The lowest BCUT2D eigenvalue weighted by Crippen LogP contribution is -2.53. The zero-order chi connectivity index (χ0) is 41.9. The summed E-state index contributed by atoms with van der Waals surface area (Å²) in [4.78, 5) is 75.1. The van der Waals surface area contributed by atoms with Crippen molar-refractivity contribution < 1.29 is 33.4 Å². The Bertz CT molecular complexity index is 2170. The fourth-order valence-corrected chi connectivity index (χ4v) is 10.8. The Kier molecular flexibility index (Phi) is 12.6. The topological polar surface area (TPSA) is 184 Å². The Balaban J connectivity index is 0.993. The molecule has 1 aliphatic carbocycles. The number of nitrogens with one attached hydrogen (secondary N) is 4. The van der Waals surface area contributed by atoms with Crippen LogP contribution < -0.4 is 10.6 Å². The predicted octanol–water partition coefficient (Wildman–Crippen LogP) is 6.93. The normalized spacial score (nSPS) is 20.5. The highest BCUT2D eigenvalue weighted by molar-refractivity contribution is 7.19. The van der Waals surface area contributed by atoms with E-state index in [1.54, 1.807) is 11.3 Å². The molecule has 4 aromatic rings. The van der Waals surface area contributed by atoms with Crippen LogP contribution in [0.2, 0.25) is 0 Å². The molecule has 3 aromatic heterocycles. The van der Waals surface area contributed by atoms with E-state index in [1.165, 1.54) is 35.1 Å². The van der Waals surface area contributed by atoms with E-state index in [4.69, 9.17) is 24.2 Å². The van der Waals surface area contributed by atoms with Gasteiger partial charge in [0.25, 0.3) is 0 Å². The van der Waals surface area contributed by atoms with Crippen LogP contribution in [0.15, 0.2) is 36.7 Å². The maximum atomic E-state index is 14.0. The molecule has 0 bridgehead atoms. The first kappa shape index (κ1) is 41.5. The summed E-state index contributed by atoms with van der Waals surface area (Å²) in [6, 6.07) is 6.81. The number of H-pyrrole nitrogens is 2. The summed E-state index contributed by atoms with van der Waals surface area (Å²) in [6.45, 7) is 6.16. The lowest BCUT2D eigenvalue weighted by molar-refractivity contribution is -0.137. The van der Waals surface area contributed by atoms with Gasteiger partial charge < -0.3 is 44.6 Å². The van der Waals surface area contributed by atoms with E-state index in [9.17, 15) is 19.2 Å². The van der Waals surface area contributed by atoms with Gasteiger partial charge in [0.05, 0.1) is 55.0 Å².